The lowest BCUT2D eigenvalue weighted by Crippen LogP contribution is -2.05. The summed E-state index contributed by atoms with van der Waals surface area (Å²) in [6.07, 6.45) is 0.373. The fourth-order valence-electron chi connectivity index (χ4n) is 2.17. The van der Waals surface area contributed by atoms with Crippen molar-refractivity contribution in [3.8, 4) is 11.1 Å². The number of methoxy groups -OCH3 is 1. The first-order valence-electron chi connectivity index (χ1n) is 6.63. The average molecular weight is 323 g/mol. The van der Waals surface area contributed by atoms with Crippen LogP contribution in [0.4, 0.5) is 0 Å². The molecule has 0 saturated heterocycles. The number of benzene rings is 2. The molecule has 0 spiro atoms. The number of hydrogen-bond donors (Lipinski definition) is 0. The summed E-state index contributed by atoms with van der Waals surface area (Å²) in [6.45, 7) is 2.00. The lowest BCUT2D eigenvalue weighted by molar-refractivity contribution is -0.140. The molecule has 0 saturated carbocycles. The second kappa shape index (κ2) is 6.97. The number of hydrogen-bond acceptors (Lipinski definition) is 2. The third-order valence-corrected chi connectivity index (χ3v) is 3.97. The SMILES string of the molecule is COC(=O)CC(C)c1ccc(-c2ccc(Cl)cc2Cl)cc1. The van der Waals surface area contributed by atoms with Gasteiger partial charge in [-0.1, -0.05) is 60.5 Å². The number of esters is 1. The Morgan fingerprint density at radius 2 is 1.81 bits per heavy atom. The minimum atomic E-state index is -0.202. The Morgan fingerprint density at radius 3 is 2.38 bits per heavy atom. The number of carbonyl (C=O) groups excluding carboxylic acids is 1. The Balaban J connectivity index is 2.20. The number of carbonyl (C=O) groups is 1. The quantitative estimate of drug-likeness (QED) is 0.711. The summed E-state index contributed by atoms with van der Waals surface area (Å²) in [6, 6.07) is 13.5. The molecule has 1 unspecified atom stereocenters. The van der Waals surface area contributed by atoms with E-state index in [1.165, 1.54) is 7.11 Å². The van der Waals surface area contributed by atoms with Crippen molar-refractivity contribution < 1.29 is 9.53 Å². The second-order valence-corrected chi connectivity index (χ2v) is 5.77. The van der Waals surface area contributed by atoms with Gasteiger partial charge in [-0.05, 0) is 29.2 Å². The van der Waals surface area contributed by atoms with Crippen LogP contribution in [0.2, 0.25) is 10.0 Å². The zero-order valence-electron chi connectivity index (χ0n) is 11.9. The van der Waals surface area contributed by atoms with E-state index in [0.29, 0.717) is 16.5 Å². The van der Waals surface area contributed by atoms with Gasteiger partial charge in [0, 0.05) is 15.6 Å². The lowest BCUT2D eigenvalue weighted by atomic mass is 9.95. The van der Waals surface area contributed by atoms with Gasteiger partial charge in [0.1, 0.15) is 0 Å². The second-order valence-electron chi connectivity index (χ2n) is 4.93. The van der Waals surface area contributed by atoms with E-state index in [1.54, 1.807) is 6.07 Å². The van der Waals surface area contributed by atoms with E-state index in [-0.39, 0.29) is 11.9 Å². The first-order valence-corrected chi connectivity index (χ1v) is 7.39. The van der Waals surface area contributed by atoms with Crippen molar-refractivity contribution in [2.24, 2.45) is 0 Å². The molecule has 2 rings (SSSR count). The molecular weight excluding hydrogens is 307 g/mol. The van der Waals surface area contributed by atoms with Crippen molar-refractivity contribution in [2.75, 3.05) is 7.11 Å². The van der Waals surface area contributed by atoms with Crippen LogP contribution < -0.4 is 0 Å². The van der Waals surface area contributed by atoms with Gasteiger partial charge in [-0.15, -0.1) is 0 Å². The van der Waals surface area contributed by atoms with E-state index in [0.717, 1.165) is 16.7 Å². The molecule has 4 heteroatoms. The predicted molar refractivity (Wildman–Crippen MR) is 86.9 cm³/mol. The standard InChI is InChI=1S/C17H16Cl2O2/c1-11(9-17(20)21-2)12-3-5-13(6-4-12)15-8-7-14(18)10-16(15)19/h3-8,10-11H,9H2,1-2H3. The van der Waals surface area contributed by atoms with Crippen LogP contribution in [0.3, 0.4) is 0 Å². The molecule has 0 aliphatic carbocycles. The minimum Gasteiger partial charge on any atom is -0.469 e. The van der Waals surface area contributed by atoms with E-state index < -0.39 is 0 Å². The van der Waals surface area contributed by atoms with Gasteiger partial charge >= 0.3 is 5.97 Å². The molecule has 1 atom stereocenters. The molecule has 21 heavy (non-hydrogen) atoms. The smallest absolute Gasteiger partial charge is 0.306 e. The molecule has 0 heterocycles. The molecule has 2 aromatic carbocycles. The third kappa shape index (κ3) is 3.99. The van der Waals surface area contributed by atoms with Crippen molar-refractivity contribution >= 4 is 29.2 Å². The molecule has 0 aromatic heterocycles. The lowest BCUT2D eigenvalue weighted by Gasteiger charge is -2.12. The molecule has 0 bridgehead atoms. The monoisotopic (exact) mass is 322 g/mol. The van der Waals surface area contributed by atoms with Gasteiger partial charge < -0.3 is 4.74 Å². The minimum absolute atomic E-state index is 0.118. The molecule has 0 radical (unpaired) electrons. The zero-order valence-corrected chi connectivity index (χ0v) is 13.4. The summed E-state index contributed by atoms with van der Waals surface area (Å²) >= 11 is 12.1. The van der Waals surface area contributed by atoms with Crippen molar-refractivity contribution in [1.29, 1.82) is 0 Å². The normalized spacial score (nSPS) is 12.0. The molecule has 0 amide bonds. The summed E-state index contributed by atoms with van der Waals surface area (Å²) in [5.74, 6) is -0.0838. The Morgan fingerprint density at radius 1 is 1.14 bits per heavy atom. The highest BCUT2D eigenvalue weighted by Gasteiger charge is 2.12. The van der Waals surface area contributed by atoms with Crippen LogP contribution in [0.25, 0.3) is 11.1 Å². The van der Waals surface area contributed by atoms with Crippen molar-refractivity contribution in [3.63, 3.8) is 0 Å². The molecule has 2 nitrogen and oxygen atoms in total. The summed E-state index contributed by atoms with van der Waals surface area (Å²) in [7, 11) is 1.40. The Kier molecular flexibility index (Phi) is 5.27. The highest BCUT2D eigenvalue weighted by molar-refractivity contribution is 6.36. The number of rotatable bonds is 4. The summed E-state index contributed by atoms with van der Waals surface area (Å²) < 4.78 is 4.69. The molecule has 110 valence electrons. The highest BCUT2D eigenvalue weighted by Crippen LogP contribution is 2.31. The van der Waals surface area contributed by atoms with Gasteiger partial charge in [0.25, 0.3) is 0 Å². The first-order chi connectivity index (χ1) is 10.0. The van der Waals surface area contributed by atoms with E-state index >= 15 is 0 Å². The van der Waals surface area contributed by atoms with Crippen LogP contribution in [0.5, 0.6) is 0 Å². The largest absolute Gasteiger partial charge is 0.469 e. The Hall–Kier alpha value is -1.51. The van der Waals surface area contributed by atoms with Crippen LogP contribution in [0.15, 0.2) is 42.5 Å². The van der Waals surface area contributed by atoms with E-state index in [1.807, 2.05) is 43.3 Å². The number of ether oxygens (including phenoxy) is 1. The van der Waals surface area contributed by atoms with Gasteiger partial charge in [0.2, 0.25) is 0 Å². The third-order valence-electron chi connectivity index (χ3n) is 3.42. The van der Waals surface area contributed by atoms with Crippen LogP contribution in [0, 0.1) is 0 Å². The molecule has 0 N–H and O–H groups in total. The molecule has 0 fully saturated rings. The summed E-state index contributed by atoms with van der Waals surface area (Å²) in [5, 5.41) is 1.24. The van der Waals surface area contributed by atoms with Crippen LogP contribution in [-0.4, -0.2) is 13.1 Å². The van der Waals surface area contributed by atoms with Crippen LogP contribution >= 0.6 is 23.2 Å². The van der Waals surface area contributed by atoms with Crippen LogP contribution in [-0.2, 0) is 9.53 Å². The van der Waals surface area contributed by atoms with Crippen molar-refractivity contribution in [3.05, 3.63) is 58.1 Å². The summed E-state index contributed by atoms with van der Waals surface area (Å²) in [5.41, 5.74) is 3.05. The maximum Gasteiger partial charge on any atom is 0.306 e. The van der Waals surface area contributed by atoms with E-state index in [4.69, 9.17) is 27.9 Å². The summed E-state index contributed by atoms with van der Waals surface area (Å²) in [4.78, 5) is 11.3. The fraction of sp³-hybridized carbons (Fsp3) is 0.235. The molecule has 0 aliphatic rings. The highest BCUT2D eigenvalue weighted by atomic mass is 35.5. The first kappa shape index (κ1) is 15.9. The average Bonchev–Trinajstić information content (AvgIpc) is 2.47. The molecular formula is C17H16Cl2O2. The van der Waals surface area contributed by atoms with Gasteiger partial charge in [-0.3, -0.25) is 4.79 Å². The number of halogens is 2. The molecule has 2 aromatic rings. The Bertz CT molecular complexity index is 636. The van der Waals surface area contributed by atoms with Gasteiger partial charge in [-0.25, -0.2) is 0 Å². The van der Waals surface area contributed by atoms with Crippen molar-refractivity contribution in [1.82, 2.24) is 0 Å². The van der Waals surface area contributed by atoms with Gasteiger partial charge in [0.05, 0.1) is 13.5 Å². The van der Waals surface area contributed by atoms with E-state index in [9.17, 15) is 4.79 Å². The molecule has 0 aliphatic heterocycles. The van der Waals surface area contributed by atoms with Gasteiger partial charge in [-0.2, -0.15) is 0 Å². The fourth-order valence-corrected chi connectivity index (χ4v) is 2.68. The maximum absolute atomic E-state index is 11.3. The van der Waals surface area contributed by atoms with Gasteiger partial charge in [0.15, 0.2) is 0 Å². The van der Waals surface area contributed by atoms with Crippen LogP contribution in [0.1, 0.15) is 24.8 Å². The Labute approximate surface area is 134 Å². The van der Waals surface area contributed by atoms with Crippen molar-refractivity contribution in [2.45, 2.75) is 19.3 Å². The topological polar surface area (TPSA) is 26.3 Å². The zero-order chi connectivity index (χ0) is 15.4. The maximum atomic E-state index is 11.3. The predicted octanol–water partition coefficient (Wildman–Crippen LogP) is 5.33. The van der Waals surface area contributed by atoms with E-state index in [2.05, 4.69) is 0 Å².